The highest BCUT2D eigenvalue weighted by molar-refractivity contribution is 7.09. The lowest BCUT2D eigenvalue weighted by Gasteiger charge is -2.08. The van der Waals surface area contributed by atoms with Crippen LogP contribution in [-0.4, -0.2) is 19.6 Å². The topological polar surface area (TPSA) is 38.3 Å². The van der Waals surface area contributed by atoms with Crippen LogP contribution in [0.4, 0.5) is 0 Å². The summed E-state index contributed by atoms with van der Waals surface area (Å²) in [5, 5.41) is 4.97. The number of carbonyl (C=O) groups is 1. The summed E-state index contributed by atoms with van der Waals surface area (Å²) in [5.41, 5.74) is 1.64. The van der Waals surface area contributed by atoms with Crippen molar-refractivity contribution in [2.75, 3.05) is 13.7 Å². The second-order valence-corrected chi connectivity index (χ2v) is 5.30. The largest absolute Gasteiger partial charge is 0.496 e. The Morgan fingerprint density at radius 1 is 1.37 bits per heavy atom. The van der Waals surface area contributed by atoms with Gasteiger partial charge in [0.25, 0.3) is 5.91 Å². The normalized spacial score (nSPS) is 10.2. The highest BCUT2D eigenvalue weighted by Crippen LogP contribution is 2.18. The molecule has 0 radical (unpaired) electrons. The molecule has 2 aromatic rings. The van der Waals surface area contributed by atoms with E-state index in [1.165, 1.54) is 4.88 Å². The first-order chi connectivity index (χ1) is 9.20. The predicted molar refractivity (Wildman–Crippen MR) is 78.1 cm³/mol. The molecule has 0 saturated heterocycles. The summed E-state index contributed by atoms with van der Waals surface area (Å²) in [6.07, 6.45) is 0.874. The first-order valence-corrected chi connectivity index (χ1v) is 7.04. The highest BCUT2D eigenvalue weighted by atomic mass is 32.1. The minimum Gasteiger partial charge on any atom is -0.496 e. The van der Waals surface area contributed by atoms with Crippen molar-refractivity contribution in [2.24, 2.45) is 0 Å². The third-order valence-electron chi connectivity index (χ3n) is 2.89. The third kappa shape index (κ3) is 3.58. The van der Waals surface area contributed by atoms with Gasteiger partial charge in [0.1, 0.15) is 5.75 Å². The van der Waals surface area contributed by atoms with Gasteiger partial charge in [0.2, 0.25) is 0 Å². The maximum absolute atomic E-state index is 12.0. The molecule has 2 rings (SSSR count). The number of rotatable bonds is 5. The summed E-state index contributed by atoms with van der Waals surface area (Å²) in [7, 11) is 1.63. The van der Waals surface area contributed by atoms with E-state index in [0.717, 1.165) is 17.7 Å². The van der Waals surface area contributed by atoms with Crippen molar-refractivity contribution in [1.82, 2.24) is 5.32 Å². The summed E-state index contributed by atoms with van der Waals surface area (Å²) < 4.78 is 5.18. The fourth-order valence-corrected chi connectivity index (χ4v) is 2.58. The molecule has 0 fully saturated rings. The van der Waals surface area contributed by atoms with E-state index in [1.54, 1.807) is 24.5 Å². The maximum atomic E-state index is 12.0. The third-order valence-corrected chi connectivity index (χ3v) is 3.83. The molecule has 0 aliphatic carbocycles. The van der Waals surface area contributed by atoms with Crippen LogP contribution in [0.15, 0.2) is 35.7 Å². The lowest BCUT2D eigenvalue weighted by atomic mass is 10.1. The summed E-state index contributed by atoms with van der Waals surface area (Å²) in [5.74, 6) is 0.762. The first kappa shape index (κ1) is 13.6. The number of amides is 1. The molecule has 0 aliphatic rings. The molecule has 0 atom stereocenters. The molecule has 0 saturated carbocycles. The van der Waals surface area contributed by atoms with Crippen LogP contribution in [0.5, 0.6) is 5.75 Å². The van der Waals surface area contributed by atoms with Crippen LogP contribution in [-0.2, 0) is 6.42 Å². The number of nitrogens with one attached hydrogen (secondary N) is 1. The Labute approximate surface area is 117 Å². The van der Waals surface area contributed by atoms with Crippen LogP contribution in [0.2, 0.25) is 0 Å². The number of hydrogen-bond acceptors (Lipinski definition) is 3. The molecule has 0 spiro atoms. The Morgan fingerprint density at radius 2 is 2.21 bits per heavy atom. The number of methoxy groups -OCH3 is 1. The molecule has 4 heteroatoms. The van der Waals surface area contributed by atoms with Gasteiger partial charge in [-0.1, -0.05) is 6.07 Å². The standard InChI is InChI=1S/C15H17NO2S/c1-11-10-12(5-6-14(11)18-2)15(17)16-8-7-13-4-3-9-19-13/h3-6,9-10H,7-8H2,1-2H3,(H,16,17). The van der Waals surface area contributed by atoms with E-state index in [0.29, 0.717) is 12.1 Å². The van der Waals surface area contributed by atoms with Crippen LogP contribution < -0.4 is 10.1 Å². The molecule has 1 heterocycles. The Bertz CT molecular complexity index is 549. The molecule has 0 unspecified atom stereocenters. The minimum absolute atomic E-state index is 0.0395. The van der Waals surface area contributed by atoms with Gasteiger partial charge >= 0.3 is 0 Å². The fourth-order valence-electron chi connectivity index (χ4n) is 1.88. The molecule has 1 aromatic carbocycles. The predicted octanol–water partition coefficient (Wildman–Crippen LogP) is 3.04. The van der Waals surface area contributed by atoms with E-state index in [9.17, 15) is 4.79 Å². The van der Waals surface area contributed by atoms with Crippen molar-refractivity contribution >= 4 is 17.2 Å². The molecular formula is C15H17NO2S. The lowest BCUT2D eigenvalue weighted by molar-refractivity contribution is 0.0954. The van der Waals surface area contributed by atoms with Gasteiger partial charge < -0.3 is 10.1 Å². The van der Waals surface area contributed by atoms with Gasteiger partial charge in [0.05, 0.1) is 7.11 Å². The zero-order chi connectivity index (χ0) is 13.7. The van der Waals surface area contributed by atoms with E-state index in [-0.39, 0.29) is 5.91 Å². The summed E-state index contributed by atoms with van der Waals surface area (Å²) in [6.45, 7) is 2.59. The summed E-state index contributed by atoms with van der Waals surface area (Å²) in [6, 6.07) is 9.55. The van der Waals surface area contributed by atoms with Crippen LogP contribution in [0.3, 0.4) is 0 Å². The molecule has 3 nitrogen and oxygen atoms in total. The lowest BCUT2D eigenvalue weighted by Crippen LogP contribution is -2.25. The summed E-state index contributed by atoms with van der Waals surface area (Å²) >= 11 is 1.71. The van der Waals surface area contributed by atoms with Gasteiger partial charge in [-0.15, -0.1) is 11.3 Å². The van der Waals surface area contributed by atoms with Crippen molar-refractivity contribution in [1.29, 1.82) is 0 Å². The van der Waals surface area contributed by atoms with Gasteiger partial charge in [-0.05, 0) is 48.6 Å². The van der Waals surface area contributed by atoms with E-state index >= 15 is 0 Å². The first-order valence-electron chi connectivity index (χ1n) is 6.16. The molecular weight excluding hydrogens is 258 g/mol. The Hall–Kier alpha value is -1.81. The summed E-state index contributed by atoms with van der Waals surface area (Å²) in [4.78, 5) is 13.3. The Morgan fingerprint density at radius 3 is 2.84 bits per heavy atom. The molecule has 1 aromatic heterocycles. The Kier molecular flexibility index (Phi) is 4.58. The van der Waals surface area contributed by atoms with Crippen molar-refractivity contribution in [3.8, 4) is 5.75 Å². The van der Waals surface area contributed by atoms with Crippen molar-refractivity contribution in [3.05, 3.63) is 51.7 Å². The van der Waals surface area contributed by atoms with E-state index in [2.05, 4.69) is 11.4 Å². The van der Waals surface area contributed by atoms with Crippen LogP contribution in [0.1, 0.15) is 20.8 Å². The van der Waals surface area contributed by atoms with Crippen molar-refractivity contribution in [2.45, 2.75) is 13.3 Å². The SMILES string of the molecule is COc1ccc(C(=O)NCCc2cccs2)cc1C. The molecule has 1 N–H and O–H groups in total. The Balaban J connectivity index is 1.91. The number of hydrogen-bond donors (Lipinski definition) is 1. The van der Waals surface area contributed by atoms with Gasteiger partial charge in [0.15, 0.2) is 0 Å². The van der Waals surface area contributed by atoms with E-state index in [4.69, 9.17) is 4.74 Å². The molecule has 100 valence electrons. The molecule has 0 aliphatic heterocycles. The molecule has 1 amide bonds. The number of aryl methyl sites for hydroxylation is 1. The smallest absolute Gasteiger partial charge is 0.251 e. The van der Waals surface area contributed by atoms with Crippen molar-refractivity contribution in [3.63, 3.8) is 0 Å². The second-order valence-electron chi connectivity index (χ2n) is 4.27. The average molecular weight is 275 g/mol. The zero-order valence-electron chi connectivity index (χ0n) is 11.1. The fraction of sp³-hybridized carbons (Fsp3) is 0.267. The van der Waals surface area contributed by atoms with Crippen LogP contribution in [0.25, 0.3) is 0 Å². The minimum atomic E-state index is -0.0395. The number of ether oxygens (including phenoxy) is 1. The van der Waals surface area contributed by atoms with Gasteiger partial charge in [-0.2, -0.15) is 0 Å². The van der Waals surface area contributed by atoms with Gasteiger partial charge in [-0.3, -0.25) is 4.79 Å². The van der Waals surface area contributed by atoms with E-state index < -0.39 is 0 Å². The molecule has 19 heavy (non-hydrogen) atoms. The number of benzene rings is 1. The second kappa shape index (κ2) is 6.38. The molecule has 0 bridgehead atoms. The van der Waals surface area contributed by atoms with Crippen LogP contribution in [0, 0.1) is 6.92 Å². The highest BCUT2D eigenvalue weighted by Gasteiger charge is 2.07. The van der Waals surface area contributed by atoms with Gasteiger partial charge in [0, 0.05) is 17.0 Å². The number of carbonyl (C=O) groups excluding carboxylic acids is 1. The van der Waals surface area contributed by atoms with Crippen molar-refractivity contribution < 1.29 is 9.53 Å². The van der Waals surface area contributed by atoms with Crippen LogP contribution >= 0.6 is 11.3 Å². The van der Waals surface area contributed by atoms with Gasteiger partial charge in [-0.25, -0.2) is 0 Å². The zero-order valence-corrected chi connectivity index (χ0v) is 11.9. The van der Waals surface area contributed by atoms with E-state index in [1.807, 2.05) is 30.5 Å². The average Bonchev–Trinajstić information content (AvgIpc) is 2.91. The quantitative estimate of drug-likeness (QED) is 0.911. The monoisotopic (exact) mass is 275 g/mol. The maximum Gasteiger partial charge on any atom is 0.251 e. The number of thiophene rings is 1.